The summed E-state index contributed by atoms with van der Waals surface area (Å²) in [7, 11) is 2.00. The lowest BCUT2D eigenvalue weighted by molar-refractivity contribution is -0.462. The highest BCUT2D eigenvalue weighted by Gasteiger charge is 2.27. The third kappa shape index (κ3) is 0.716. The van der Waals surface area contributed by atoms with Gasteiger partial charge < -0.3 is 0 Å². The van der Waals surface area contributed by atoms with Crippen LogP contribution in [0.3, 0.4) is 0 Å². The molecule has 0 heterocycles. The Labute approximate surface area is 55.1 Å². The molecule has 1 saturated carbocycles. The molecule has 0 bridgehead atoms. The molecule has 0 atom stereocenters. The molecular formula is C8H12N+. The molecule has 48 valence electrons. The van der Waals surface area contributed by atoms with Crippen LogP contribution in [0.5, 0.6) is 0 Å². The molecule has 1 fully saturated rings. The van der Waals surface area contributed by atoms with E-state index in [1.807, 2.05) is 7.05 Å². The van der Waals surface area contributed by atoms with Gasteiger partial charge in [0.05, 0.1) is 0 Å². The molecule has 1 nitrogen and oxygen atoms in total. The molecule has 0 unspecified atom stereocenters. The van der Waals surface area contributed by atoms with E-state index < -0.39 is 0 Å². The molecule has 0 radical (unpaired) electrons. The van der Waals surface area contributed by atoms with E-state index in [0.29, 0.717) is 0 Å². The van der Waals surface area contributed by atoms with Gasteiger partial charge in [0, 0.05) is 11.6 Å². The van der Waals surface area contributed by atoms with Crippen molar-refractivity contribution in [2.75, 3.05) is 7.05 Å². The molecule has 1 aliphatic carbocycles. The Morgan fingerprint density at radius 1 is 1.56 bits per heavy atom. The van der Waals surface area contributed by atoms with Gasteiger partial charge >= 0.3 is 0 Å². The molecule has 2 rings (SSSR count). The van der Waals surface area contributed by atoms with E-state index in [-0.39, 0.29) is 0 Å². The van der Waals surface area contributed by atoms with E-state index in [9.17, 15) is 0 Å². The largest absolute Gasteiger partial charge is 0.244 e. The number of hydrogen-bond donors (Lipinski definition) is 1. The fourth-order valence-electron chi connectivity index (χ4n) is 1.39. The van der Waals surface area contributed by atoms with E-state index in [2.05, 4.69) is 11.1 Å². The standard InChI is InChI=1S/C8H11N/c1-9-8-5-7(8)6-3-2-4-6/h5-6H,2-4H2,1H3/p+1. The van der Waals surface area contributed by atoms with Gasteiger partial charge in [-0.1, -0.05) is 6.42 Å². The summed E-state index contributed by atoms with van der Waals surface area (Å²) in [6.45, 7) is 0. The van der Waals surface area contributed by atoms with Gasteiger partial charge in [-0.2, -0.15) is 0 Å². The van der Waals surface area contributed by atoms with Gasteiger partial charge in [-0.05, 0) is 18.8 Å². The summed E-state index contributed by atoms with van der Waals surface area (Å²) in [6, 6.07) is 2.27. The highest BCUT2D eigenvalue weighted by Crippen LogP contribution is 2.35. The molecule has 0 saturated heterocycles. The first-order valence-electron chi connectivity index (χ1n) is 3.68. The lowest BCUT2D eigenvalue weighted by atomic mass is 9.84. The van der Waals surface area contributed by atoms with Crippen LogP contribution in [-0.2, 0) is 0 Å². The van der Waals surface area contributed by atoms with Gasteiger partial charge in [0.2, 0.25) is 5.36 Å². The van der Waals surface area contributed by atoms with Crippen molar-refractivity contribution < 1.29 is 4.99 Å². The van der Waals surface area contributed by atoms with Gasteiger partial charge in [-0.25, -0.2) is 4.99 Å². The monoisotopic (exact) mass is 122 g/mol. The van der Waals surface area contributed by atoms with Crippen LogP contribution < -0.4 is 10.3 Å². The Morgan fingerprint density at radius 2 is 2.33 bits per heavy atom. The van der Waals surface area contributed by atoms with Gasteiger partial charge in [0.1, 0.15) is 7.05 Å². The Morgan fingerprint density at radius 3 is 2.67 bits per heavy atom. The molecule has 1 aromatic rings. The predicted molar refractivity (Wildman–Crippen MR) is 35.4 cm³/mol. The first-order chi connectivity index (χ1) is 4.42. The molecule has 1 aromatic carbocycles. The molecule has 0 spiro atoms. The van der Waals surface area contributed by atoms with Crippen molar-refractivity contribution in [3.8, 4) is 0 Å². The molecule has 0 aromatic heterocycles. The minimum atomic E-state index is 0.937. The smallest absolute Gasteiger partial charge is 0.202 e. The number of hydrogen-bond acceptors (Lipinski definition) is 0. The lowest BCUT2D eigenvalue weighted by Crippen LogP contribution is -2.69. The third-order valence-electron chi connectivity index (χ3n) is 2.34. The van der Waals surface area contributed by atoms with Crippen LogP contribution in [0.25, 0.3) is 0 Å². The van der Waals surface area contributed by atoms with Crippen LogP contribution in [0, 0.1) is 0 Å². The van der Waals surface area contributed by atoms with Crippen molar-refractivity contribution in [1.82, 2.24) is 0 Å². The molecule has 0 aliphatic heterocycles. The molecular weight excluding hydrogens is 110 g/mol. The normalized spacial score (nSPS) is 23.0. The van der Waals surface area contributed by atoms with E-state index >= 15 is 0 Å². The topological polar surface area (TPSA) is 14.0 Å². The van der Waals surface area contributed by atoms with Crippen LogP contribution in [-0.4, -0.2) is 7.05 Å². The predicted octanol–water partition coefficient (Wildman–Crippen LogP) is -0.559. The van der Waals surface area contributed by atoms with Crippen molar-refractivity contribution in [3.05, 3.63) is 17.0 Å². The van der Waals surface area contributed by atoms with Crippen LogP contribution in [0.4, 0.5) is 0 Å². The first kappa shape index (κ1) is 5.21. The van der Waals surface area contributed by atoms with E-state index in [0.717, 1.165) is 5.92 Å². The van der Waals surface area contributed by atoms with Crippen LogP contribution in [0.2, 0.25) is 0 Å². The Kier molecular flexibility index (Phi) is 0.981. The zero-order valence-corrected chi connectivity index (χ0v) is 5.78. The molecule has 1 heteroatoms. The highest BCUT2D eigenvalue weighted by molar-refractivity contribution is 5.26. The molecule has 0 amide bonds. The maximum atomic E-state index is 3.16. The van der Waals surface area contributed by atoms with Gasteiger partial charge in [0.15, 0.2) is 0 Å². The van der Waals surface area contributed by atoms with Crippen molar-refractivity contribution >= 4 is 0 Å². The second-order valence-electron chi connectivity index (χ2n) is 2.89. The average Bonchev–Trinajstić information content (AvgIpc) is 2.42. The maximum absolute atomic E-state index is 3.16. The Hall–Kier alpha value is -0.590. The average molecular weight is 122 g/mol. The summed E-state index contributed by atoms with van der Waals surface area (Å²) in [6.07, 6.45) is 4.30. The fraction of sp³-hybridized carbons (Fsp3) is 0.625. The minimum Gasteiger partial charge on any atom is -0.244 e. The van der Waals surface area contributed by atoms with Crippen LogP contribution in [0.15, 0.2) is 6.07 Å². The van der Waals surface area contributed by atoms with Gasteiger partial charge in [0.25, 0.3) is 0 Å². The van der Waals surface area contributed by atoms with E-state index in [4.69, 9.17) is 0 Å². The maximum Gasteiger partial charge on any atom is 0.202 e. The van der Waals surface area contributed by atoms with Crippen LogP contribution in [0.1, 0.15) is 30.7 Å². The summed E-state index contributed by atoms with van der Waals surface area (Å²) < 4.78 is 0. The van der Waals surface area contributed by atoms with E-state index in [1.54, 1.807) is 5.56 Å². The third-order valence-corrected chi connectivity index (χ3v) is 2.34. The highest BCUT2D eigenvalue weighted by atomic mass is 14.7. The second-order valence-corrected chi connectivity index (χ2v) is 2.89. The second kappa shape index (κ2) is 1.69. The Bertz CT molecular complexity index is 224. The van der Waals surface area contributed by atoms with Crippen molar-refractivity contribution in [3.63, 3.8) is 0 Å². The van der Waals surface area contributed by atoms with Gasteiger partial charge in [-0.15, -0.1) is 0 Å². The summed E-state index contributed by atoms with van der Waals surface area (Å²) in [5.41, 5.74) is 1.60. The van der Waals surface area contributed by atoms with Crippen molar-refractivity contribution in [1.29, 1.82) is 0 Å². The molecule has 1 N–H and O–H groups in total. The molecule has 9 heavy (non-hydrogen) atoms. The SMILES string of the molecule is C[NH+]=c1cc1C1CCC1. The molecule has 1 aliphatic rings. The zero-order chi connectivity index (χ0) is 6.27. The van der Waals surface area contributed by atoms with Gasteiger partial charge in [-0.3, -0.25) is 0 Å². The zero-order valence-electron chi connectivity index (χ0n) is 5.78. The van der Waals surface area contributed by atoms with Crippen molar-refractivity contribution in [2.24, 2.45) is 0 Å². The first-order valence-corrected chi connectivity index (χ1v) is 3.68. The quantitative estimate of drug-likeness (QED) is 0.513. The summed E-state index contributed by atoms with van der Waals surface area (Å²) in [5, 5.41) is 1.40. The number of nitrogens with one attached hydrogen (secondary N) is 1. The number of rotatable bonds is 1. The van der Waals surface area contributed by atoms with Crippen molar-refractivity contribution in [2.45, 2.75) is 25.2 Å². The summed E-state index contributed by atoms with van der Waals surface area (Å²) >= 11 is 0. The summed E-state index contributed by atoms with van der Waals surface area (Å²) in [4.78, 5) is 3.16. The fourth-order valence-corrected chi connectivity index (χ4v) is 1.39. The Balaban J connectivity index is 2.09. The van der Waals surface area contributed by atoms with Crippen LogP contribution >= 0.6 is 0 Å². The summed E-state index contributed by atoms with van der Waals surface area (Å²) in [5.74, 6) is 0.937. The minimum absolute atomic E-state index is 0.937. The lowest BCUT2D eigenvalue weighted by Gasteiger charge is -2.20. The van der Waals surface area contributed by atoms with E-state index in [1.165, 1.54) is 24.6 Å².